The zero-order valence-electron chi connectivity index (χ0n) is 13.2. The van der Waals surface area contributed by atoms with E-state index >= 15 is 0 Å². The van der Waals surface area contributed by atoms with E-state index in [1.54, 1.807) is 0 Å². The van der Waals surface area contributed by atoms with Crippen molar-refractivity contribution in [3.63, 3.8) is 0 Å². The van der Waals surface area contributed by atoms with Gasteiger partial charge >= 0.3 is 0 Å². The lowest BCUT2D eigenvalue weighted by Crippen LogP contribution is -2.37. The molecule has 0 atom stereocenters. The van der Waals surface area contributed by atoms with Crippen LogP contribution < -0.4 is 0 Å². The summed E-state index contributed by atoms with van der Waals surface area (Å²) in [7, 11) is -0.578. The van der Waals surface area contributed by atoms with Crippen LogP contribution in [0.1, 0.15) is 30.1 Å². The lowest BCUT2D eigenvalue weighted by Gasteiger charge is -2.29. The SMILES string of the molecule is CON(C)C(=O)c1ccc(S(=O)(=O)N2CCC(C)CC2)cc1. The number of nitrogens with zero attached hydrogens (tertiary/aromatic N) is 2. The maximum absolute atomic E-state index is 12.6. The molecule has 0 spiro atoms. The maximum Gasteiger partial charge on any atom is 0.277 e. The van der Waals surface area contributed by atoms with E-state index in [0.717, 1.165) is 17.9 Å². The number of hydrogen-bond acceptors (Lipinski definition) is 4. The molecule has 1 amide bonds. The van der Waals surface area contributed by atoms with Crippen LogP contribution in [0.5, 0.6) is 0 Å². The molecule has 1 saturated heterocycles. The summed E-state index contributed by atoms with van der Waals surface area (Å²) < 4.78 is 26.7. The van der Waals surface area contributed by atoms with Crippen LogP contribution in [0.4, 0.5) is 0 Å². The van der Waals surface area contributed by atoms with Gasteiger partial charge < -0.3 is 0 Å². The Labute approximate surface area is 131 Å². The molecule has 1 aromatic rings. The molecule has 0 unspecified atom stereocenters. The molecule has 1 heterocycles. The van der Waals surface area contributed by atoms with Gasteiger partial charge in [0.15, 0.2) is 0 Å². The molecule has 1 aliphatic heterocycles. The third kappa shape index (κ3) is 3.48. The number of sulfonamides is 1. The van der Waals surface area contributed by atoms with Gasteiger partial charge in [0.05, 0.1) is 12.0 Å². The number of amides is 1. The van der Waals surface area contributed by atoms with Gasteiger partial charge in [0.25, 0.3) is 5.91 Å². The van der Waals surface area contributed by atoms with Crippen molar-refractivity contribution in [2.45, 2.75) is 24.7 Å². The number of rotatable bonds is 4. The molecule has 2 rings (SSSR count). The van der Waals surface area contributed by atoms with Crippen molar-refractivity contribution in [3.05, 3.63) is 29.8 Å². The van der Waals surface area contributed by atoms with E-state index < -0.39 is 10.0 Å². The smallest absolute Gasteiger partial charge is 0.274 e. The van der Waals surface area contributed by atoms with Gasteiger partial charge in [0, 0.05) is 25.7 Å². The summed E-state index contributed by atoms with van der Waals surface area (Å²) in [6.45, 7) is 3.24. The van der Waals surface area contributed by atoms with E-state index in [1.807, 2.05) is 0 Å². The minimum atomic E-state index is -3.48. The molecule has 0 N–H and O–H groups in total. The van der Waals surface area contributed by atoms with Crippen molar-refractivity contribution in [2.24, 2.45) is 5.92 Å². The zero-order valence-corrected chi connectivity index (χ0v) is 14.0. The predicted octanol–water partition coefficient (Wildman–Crippen LogP) is 1.74. The van der Waals surface area contributed by atoms with E-state index in [2.05, 4.69) is 6.92 Å². The second kappa shape index (κ2) is 6.76. The number of piperidine rings is 1. The van der Waals surface area contributed by atoms with Gasteiger partial charge in [0.2, 0.25) is 10.0 Å². The Hall–Kier alpha value is -1.44. The first-order valence-corrected chi connectivity index (χ1v) is 8.72. The van der Waals surface area contributed by atoms with Crippen LogP contribution in [-0.2, 0) is 14.9 Å². The van der Waals surface area contributed by atoms with Gasteiger partial charge in [-0.2, -0.15) is 4.31 Å². The highest BCUT2D eigenvalue weighted by Crippen LogP contribution is 2.23. The van der Waals surface area contributed by atoms with Gasteiger partial charge in [-0.3, -0.25) is 9.63 Å². The molecule has 0 bridgehead atoms. The summed E-state index contributed by atoms with van der Waals surface area (Å²) in [5, 5.41) is 1.09. The Morgan fingerprint density at radius 2 is 1.77 bits per heavy atom. The monoisotopic (exact) mass is 326 g/mol. The lowest BCUT2D eigenvalue weighted by atomic mass is 10.0. The number of hydroxylamine groups is 2. The minimum absolute atomic E-state index is 0.221. The molecule has 0 aliphatic carbocycles. The molecule has 22 heavy (non-hydrogen) atoms. The van der Waals surface area contributed by atoms with E-state index in [-0.39, 0.29) is 10.8 Å². The van der Waals surface area contributed by atoms with Gasteiger partial charge in [-0.1, -0.05) is 6.92 Å². The fourth-order valence-electron chi connectivity index (χ4n) is 2.41. The molecular weight excluding hydrogens is 304 g/mol. The summed E-state index contributed by atoms with van der Waals surface area (Å²) in [4.78, 5) is 17.0. The van der Waals surface area contributed by atoms with Crippen LogP contribution in [0.15, 0.2) is 29.2 Å². The third-order valence-corrected chi connectivity index (χ3v) is 5.95. The van der Waals surface area contributed by atoms with Crippen LogP contribution >= 0.6 is 0 Å². The largest absolute Gasteiger partial charge is 0.277 e. The van der Waals surface area contributed by atoms with Crippen LogP contribution in [0.25, 0.3) is 0 Å². The van der Waals surface area contributed by atoms with Crippen LogP contribution in [0.3, 0.4) is 0 Å². The number of carbonyl (C=O) groups excluding carboxylic acids is 1. The first kappa shape index (κ1) is 16.9. The Kier molecular flexibility index (Phi) is 5.20. The Morgan fingerprint density at radius 1 is 1.23 bits per heavy atom. The topological polar surface area (TPSA) is 66.9 Å². The maximum atomic E-state index is 12.6. The van der Waals surface area contributed by atoms with E-state index in [9.17, 15) is 13.2 Å². The van der Waals surface area contributed by atoms with Gasteiger partial charge in [0.1, 0.15) is 0 Å². The number of benzene rings is 1. The zero-order chi connectivity index (χ0) is 16.3. The lowest BCUT2D eigenvalue weighted by molar-refractivity contribution is -0.0757. The van der Waals surface area contributed by atoms with Crippen molar-refractivity contribution >= 4 is 15.9 Å². The Balaban J connectivity index is 2.17. The standard InChI is InChI=1S/C15H22N2O4S/c1-12-8-10-17(11-9-12)22(19,20)14-6-4-13(5-7-14)15(18)16(2)21-3/h4-7,12H,8-11H2,1-3H3. The molecule has 0 radical (unpaired) electrons. The van der Waals surface area contributed by atoms with Crippen LogP contribution in [-0.4, -0.2) is 50.9 Å². The van der Waals surface area contributed by atoms with Crippen LogP contribution in [0.2, 0.25) is 0 Å². The van der Waals surface area contributed by atoms with E-state index in [4.69, 9.17) is 4.84 Å². The highest BCUT2D eigenvalue weighted by molar-refractivity contribution is 7.89. The van der Waals surface area contributed by atoms with Crippen molar-refractivity contribution in [1.29, 1.82) is 0 Å². The summed E-state index contributed by atoms with van der Waals surface area (Å²) in [6.07, 6.45) is 1.77. The Bertz CT molecular complexity index is 619. The third-order valence-electron chi connectivity index (χ3n) is 4.04. The molecule has 122 valence electrons. The average molecular weight is 326 g/mol. The van der Waals surface area contributed by atoms with E-state index in [0.29, 0.717) is 24.6 Å². The van der Waals surface area contributed by atoms with Crippen molar-refractivity contribution in [1.82, 2.24) is 9.37 Å². The predicted molar refractivity (Wildman–Crippen MR) is 82.7 cm³/mol. The van der Waals surface area contributed by atoms with Crippen molar-refractivity contribution in [3.8, 4) is 0 Å². The second-order valence-electron chi connectivity index (χ2n) is 5.60. The molecule has 1 fully saturated rings. The molecule has 1 aromatic carbocycles. The van der Waals surface area contributed by atoms with Crippen molar-refractivity contribution in [2.75, 3.05) is 27.2 Å². The number of carbonyl (C=O) groups is 1. The van der Waals surface area contributed by atoms with Crippen molar-refractivity contribution < 1.29 is 18.0 Å². The molecular formula is C15H22N2O4S. The van der Waals surface area contributed by atoms with Crippen LogP contribution in [0, 0.1) is 5.92 Å². The van der Waals surface area contributed by atoms with E-state index in [1.165, 1.54) is 42.7 Å². The van der Waals surface area contributed by atoms with Gasteiger partial charge in [-0.25, -0.2) is 13.5 Å². The summed E-state index contributed by atoms with van der Waals surface area (Å²) in [6, 6.07) is 5.98. The second-order valence-corrected chi connectivity index (χ2v) is 7.53. The van der Waals surface area contributed by atoms with Gasteiger partial charge in [-0.15, -0.1) is 0 Å². The quantitative estimate of drug-likeness (QED) is 0.791. The molecule has 0 saturated carbocycles. The minimum Gasteiger partial charge on any atom is -0.274 e. The number of hydrogen-bond donors (Lipinski definition) is 0. The first-order chi connectivity index (χ1) is 10.4. The summed E-state index contributed by atoms with van der Waals surface area (Å²) in [5.74, 6) is 0.245. The normalized spacial score (nSPS) is 17.4. The Morgan fingerprint density at radius 3 is 2.27 bits per heavy atom. The highest BCUT2D eigenvalue weighted by Gasteiger charge is 2.28. The fraction of sp³-hybridized carbons (Fsp3) is 0.533. The highest BCUT2D eigenvalue weighted by atomic mass is 32.2. The first-order valence-electron chi connectivity index (χ1n) is 7.28. The summed E-state index contributed by atoms with van der Waals surface area (Å²) >= 11 is 0. The summed E-state index contributed by atoms with van der Waals surface area (Å²) in [5.41, 5.74) is 0.385. The molecule has 7 heteroatoms. The molecule has 1 aliphatic rings. The average Bonchev–Trinajstić information content (AvgIpc) is 2.54. The van der Waals surface area contributed by atoms with Gasteiger partial charge in [-0.05, 0) is 43.0 Å². The molecule has 6 nitrogen and oxygen atoms in total. The fourth-order valence-corrected chi connectivity index (χ4v) is 3.88. The molecule has 0 aromatic heterocycles.